The molecule has 0 amide bonds. The molecular formula is C23H21Cl2NO2S. The SMILES string of the molecule is COc1cccc(C(=S)NCc2ccccc2C)c1OCc1ccc(Cl)c(Cl)c1. The molecule has 0 radical (unpaired) electrons. The fourth-order valence-corrected chi connectivity index (χ4v) is 3.42. The van der Waals surface area contributed by atoms with E-state index in [2.05, 4.69) is 24.4 Å². The Kier molecular flexibility index (Phi) is 7.37. The van der Waals surface area contributed by atoms with Crippen LogP contribution in [-0.2, 0) is 13.2 Å². The van der Waals surface area contributed by atoms with Gasteiger partial charge in [-0.05, 0) is 47.9 Å². The Morgan fingerprint density at radius 1 is 1.00 bits per heavy atom. The lowest BCUT2D eigenvalue weighted by molar-refractivity contribution is 0.284. The Balaban J connectivity index is 1.78. The lowest BCUT2D eigenvalue weighted by atomic mass is 10.1. The molecule has 3 aromatic carbocycles. The third-order valence-corrected chi connectivity index (χ3v) is 5.61. The van der Waals surface area contributed by atoms with E-state index in [-0.39, 0.29) is 0 Å². The van der Waals surface area contributed by atoms with Crippen LogP contribution in [0.25, 0.3) is 0 Å². The molecule has 0 heterocycles. The number of methoxy groups -OCH3 is 1. The zero-order valence-corrected chi connectivity index (χ0v) is 18.5. The zero-order valence-electron chi connectivity index (χ0n) is 16.2. The molecule has 0 fully saturated rings. The molecule has 0 aromatic heterocycles. The minimum atomic E-state index is 0.310. The van der Waals surface area contributed by atoms with E-state index in [0.29, 0.717) is 39.7 Å². The van der Waals surface area contributed by atoms with Gasteiger partial charge in [0, 0.05) is 6.54 Å². The van der Waals surface area contributed by atoms with Crippen molar-refractivity contribution in [1.29, 1.82) is 0 Å². The summed E-state index contributed by atoms with van der Waals surface area (Å²) in [6.07, 6.45) is 0. The third kappa shape index (κ3) is 5.41. The van der Waals surface area contributed by atoms with Crippen LogP contribution in [0.3, 0.4) is 0 Å². The maximum atomic E-state index is 6.11. The van der Waals surface area contributed by atoms with Gasteiger partial charge in [-0.15, -0.1) is 0 Å². The van der Waals surface area contributed by atoms with Crippen LogP contribution in [0.2, 0.25) is 10.0 Å². The largest absolute Gasteiger partial charge is 0.493 e. The maximum Gasteiger partial charge on any atom is 0.171 e. The Morgan fingerprint density at radius 2 is 1.79 bits per heavy atom. The number of rotatable bonds is 7. The molecule has 3 rings (SSSR count). The summed E-state index contributed by atoms with van der Waals surface area (Å²) in [6.45, 7) is 3.02. The van der Waals surface area contributed by atoms with E-state index < -0.39 is 0 Å². The fraction of sp³-hybridized carbons (Fsp3) is 0.174. The predicted octanol–water partition coefficient (Wildman–Crippen LogP) is 6.35. The molecule has 3 nitrogen and oxygen atoms in total. The summed E-state index contributed by atoms with van der Waals surface area (Å²) in [7, 11) is 1.61. The second-order valence-corrected chi connectivity index (χ2v) is 7.71. The number of hydrogen-bond donors (Lipinski definition) is 1. The van der Waals surface area contributed by atoms with Crippen LogP contribution in [0.1, 0.15) is 22.3 Å². The highest BCUT2D eigenvalue weighted by Gasteiger charge is 2.15. The van der Waals surface area contributed by atoms with Crippen molar-refractivity contribution in [3.8, 4) is 11.5 Å². The summed E-state index contributed by atoms with van der Waals surface area (Å²) >= 11 is 17.7. The first-order valence-corrected chi connectivity index (χ1v) is 10.2. The first-order valence-electron chi connectivity index (χ1n) is 9.06. The quantitative estimate of drug-likeness (QED) is 0.428. The Bertz CT molecular complexity index is 1020. The second-order valence-electron chi connectivity index (χ2n) is 6.48. The minimum Gasteiger partial charge on any atom is -0.493 e. The topological polar surface area (TPSA) is 30.5 Å². The minimum absolute atomic E-state index is 0.310. The summed E-state index contributed by atoms with van der Waals surface area (Å²) in [4.78, 5) is 0.594. The second kappa shape index (κ2) is 9.97. The highest BCUT2D eigenvalue weighted by atomic mass is 35.5. The van der Waals surface area contributed by atoms with E-state index in [4.69, 9.17) is 44.9 Å². The van der Waals surface area contributed by atoms with Gasteiger partial charge in [0.1, 0.15) is 11.6 Å². The summed E-state index contributed by atoms with van der Waals surface area (Å²) in [5, 5.41) is 4.32. The molecule has 0 saturated carbocycles. The zero-order chi connectivity index (χ0) is 20.8. The molecule has 0 aliphatic carbocycles. The molecule has 3 aromatic rings. The van der Waals surface area contributed by atoms with Crippen LogP contribution in [-0.4, -0.2) is 12.1 Å². The number of halogens is 2. The van der Waals surface area contributed by atoms with E-state index in [9.17, 15) is 0 Å². The Morgan fingerprint density at radius 3 is 2.52 bits per heavy atom. The number of nitrogens with one attached hydrogen (secondary N) is 1. The molecule has 0 saturated heterocycles. The van der Waals surface area contributed by atoms with Crippen molar-refractivity contribution in [2.24, 2.45) is 0 Å². The molecule has 150 valence electrons. The normalized spacial score (nSPS) is 10.5. The van der Waals surface area contributed by atoms with E-state index in [1.807, 2.05) is 36.4 Å². The molecule has 6 heteroatoms. The third-order valence-electron chi connectivity index (χ3n) is 4.51. The lowest BCUT2D eigenvalue weighted by Crippen LogP contribution is -2.23. The van der Waals surface area contributed by atoms with E-state index in [1.54, 1.807) is 19.2 Å². The molecule has 1 N–H and O–H groups in total. The number of para-hydroxylation sites is 1. The Labute approximate surface area is 186 Å². The number of thiocarbonyl (C=S) groups is 1. The lowest BCUT2D eigenvalue weighted by Gasteiger charge is -2.17. The highest BCUT2D eigenvalue weighted by molar-refractivity contribution is 7.80. The molecular weight excluding hydrogens is 425 g/mol. The van der Waals surface area contributed by atoms with Gasteiger partial charge in [0.15, 0.2) is 11.5 Å². The van der Waals surface area contributed by atoms with Gasteiger partial charge in [-0.3, -0.25) is 0 Å². The molecule has 0 aliphatic rings. The standard InChI is InChI=1S/C23H21Cl2NO2S/c1-15-6-3-4-7-17(15)13-26-23(29)18-8-5-9-21(27-2)22(18)28-14-16-10-11-19(24)20(25)12-16/h3-12H,13-14H2,1-2H3,(H,26,29). The summed E-state index contributed by atoms with van der Waals surface area (Å²) in [5.41, 5.74) is 4.07. The Hall–Kier alpha value is -2.27. The van der Waals surface area contributed by atoms with Crippen molar-refractivity contribution in [3.05, 3.63) is 93.0 Å². The molecule has 0 unspecified atom stereocenters. The number of aryl methyl sites for hydroxylation is 1. The predicted molar refractivity (Wildman–Crippen MR) is 124 cm³/mol. The smallest absolute Gasteiger partial charge is 0.171 e. The summed E-state index contributed by atoms with van der Waals surface area (Å²) < 4.78 is 11.6. The van der Waals surface area contributed by atoms with E-state index in [1.165, 1.54) is 11.1 Å². The monoisotopic (exact) mass is 445 g/mol. The van der Waals surface area contributed by atoms with Crippen molar-refractivity contribution >= 4 is 40.4 Å². The average molecular weight is 446 g/mol. The average Bonchev–Trinajstić information content (AvgIpc) is 2.73. The summed E-state index contributed by atoms with van der Waals surface area (Å²) in [5.74, 6) is 1.20. The van der Waals surface area contributed by atoms with Gasteiger partial charge >= 0.3 is 0 Å². The number of hydrogen-bond acceptors (Lipinski definition) is 3. The van der Waals surface area contributed by atoms with Crippen LogP contribution in [0.4, 0.5) is 0 Å². The van der Waals surface area contributed by atoms with Crippen molar-refractivity contribution in [2.45, 2.75) is 20.1 Å². The first-order chi connectivity index (χ1) is 14.0. The number of ether oxygens (including phenoxy) is 2. The van der Waals surface area contributed by atoms with Crippen LogP contribution in [0, 0.1) is 6.92 Å². The van der Waals surface area contributed by atoms with Gasteiger partial charge in [0.25, 0.3) is 0 Å². The van der Waals surface area contributed by atoms with Crippen molar-refractivity contribution in [1.82, 2.24) is 5.32 Å². The van der Waals surface area contributed by atoms with Gasteiger partial charge in [-0.2, -0.15) is 0 Å². The molecule has 0 spiro atoms. The van der Waals surface area contributed by atoms with Gasteiger partial charge < -0.3 is 14.8 Å². The molecule has 29 heavy (non-hydrogen) atoms. The summed E-state index contributed by atoms with van der Waals surface area (Å²) in [6, 6.07) is 19.3. The van der Waals surface area contributed by atoms with Gasteiger partial charge in [-0.1, -0.05) is 71.8 Å². The van der Waals surface area contributed by atoms with Crippen LogP contribution in [0.15, 0.2) is 60.7 Å². The van der Waals surface area contributed by atoms with E-state index >= 15 is 0 Å². The van der Waals surface area contributed by atoms with Crippen molar-refractivity contribution in [3.63, 3.8) is 0 Å². The highest BCUT2D eigenvalue weighted by Crippen LogP contribution is 2.32. The van der Waals surface area contributed by atoms with Crippen molar-refractivity contribution < 1.29 is 9.47 Å². The maximum absolute atomic E-state index is 6.11. The van der Waals surface area contributed by atoms with Crippen LogP contribution >= 0.6 is 35.4 Å². The van der Waals surface area contributed by atoms with E-state index in [0.717, 1.165) is 11.1 Å². The molecule has 0 bridgehead atoms. The number of benzene rings is 3. The van der Waals surface area contributed by atoms with Crippen molar-refractivity contribution in [2.75, 3.05) is 7.11 Å². The van der Waals surface area contributed by atoms with Gasteiger partial charge in [0.2, 0.25) is 0 Å². The van der Waals surface area contributed by atoms with Gasteiger partial charge in [0.05, 0.1) is 22.7 Å². The fourth-order valence-electron chi connectivity index (χ4n) is 2.87. The van der Waals surface area contributed by atoms with Crippen LogP contribution < -0.4 is 14.8 Å². The molecule has 0 aliphatic heterocycles. The van der Waals surface area contributed by atoms with Crippen LogP contribution in [0.5, 0.6) is 11.5 Å². The molecule has 0 atom stereocenters. The first kappa shape index (κ1) is 21.4. The van der Waals surface area contributed by atoms with Gasteiger partial charge in [-0.25, -0.2) is 0 Å².